The van der Waals surface area contributed by atoms with E-state index in [4.69, 9.17) is 10.00 Å². The van der Waals surface area contributed by atoms with E-state index in [9.17, 15) is 8.42 Å². The molecule has 0 atom stereocenters. The van der Waals surface area contributed by atoms with Crippen LogP contribution < -0.4 is 9.46 Å². The van der Waals surface area contributed by atoms with Gasteiger partial charge in [-0.2, -0.15) is 5.26 Å². The van der Waals surface area contributed by atoms with Crippen LogP contribution in [0.3, 0.4) is 0 Å². The van der Waals surface area contributed by atoms with Gasteiger partial charge in [-0.3, -0.25) is 4.72 Å². The summed E-state index contributed by atoms with van der Waals surface area (Å²) in [6.45, 7) is 0. The molecule has 0 aliphatic rings. The number of sulfonamides is 1. The summed E-state index contributed by atoms with van der Waals surface area (Å²) in [5.74, 6) is 0.508. The van der Waals surface area contributed by atoms with Crippen molar-refractivity contribution in [1.29, 1.82) is 5.26 Å². The topological polar surface area (TPSA) is 92.1 Å². The van der Waals surface area contributed by atoms with Crippen molar-refractivity contribution in [3.63, 3.8) is 0 Å². The zero-order valence-corrected chi connectivity index (χ0v) is 13.3. The van der Waals surface area contributed by atoms with Crippen LogP contribution in [0, 0.1) is 11.3 Å². The van der Waals surface area contributed by atoms with Gasteiger partial charge in [0.05, 0.1) is 17.3 Å². The molecule has 0 amide bonds. The number of nitrogens with one attached hydrogen (secondary N) is 1. The van der Waals surface area contributed by atoms with Crippen LogP contribution in [-0.2, 0) is 10.0 Å². The lowest BCUT2D eigenvalue weighted by Crippen LogP contribution is -2.13. The van der Waals surface area contributed by atoms with Gasteiger partial charge >= 0.3 is 0 Å². The molecule has 6 nitrogen and oxygen atoms in total. The molecule has 0 saturated heterocycles. The second kappa shape index (κ2) is 6.11. The van der Waals surface area contributed by atoms with Crippen LogP contribution in [0.2, 0.25) is 0 Å². The van der Waals surface area contributed by atoms with Crippen molar-refractivity contribution in [3.8, 4) is 11.8 Å². The van der Waals surface area contributed by atoms with Crippen molar-refractivity contribution in [2.24, 2.45) is 0 Å². The van der Waals surface area contributed by atoms with Gasteiger partial charge in [0.2, 0.25) is 0 Å². The molecule has 108 valence electrons. The van der Waals surface area contributed by atoms with Gasteiger partial charge in [0.25, 0.3) is 10.0 Å². The van der Waals surface area contributed by atoms with Crippen molar-refractivity contribution in [2.45, 2.75) is 4.90 Å². The highest BCUT2D eigenvalue weighted by atomic mass is 79.9. The number of aromatic nitrogens is 1. The number of benzene rings is 1. The molecule has 1 aromatic heterocycles. The fourth-order valence-electron chi connectivity index (χ4n) is 1.54. The minimum atomic E-state index is -3.77. The molecule has 0 bridgehead atoms. The lowest BCUT2D eigenvalue weighted by molar-refractivity contribution is 0.412. The Morgan fingerprint density at radius 2 is 2.10 bits per heavy atom. The maximum atomic E-state index is 12.2. The molecule has 0 aliphatic carbocycles. The summed E-state index contributed by atoms with van der Waals surface area (Å²) in [6.07, 6.45) is 1.14. The fraction of sp³-hybridized carbons (Fsp3) is 0.0769. The van der Waals surface area contributed by atoms with E-state index in [0.717, 1.165) is 6.20 Å². The van der Waals surface area contributed by atoms with Crippen molar-refractivity contribution in [1.82, 2.24) is 4.98 Å². The third kappa shape index (κ3) is 3.51. The number of anilines is 1. The number of nitrogens with zero attached hydrogens (tertiary/aromatic N) is 2. The molecular weight excluding hydrogens is 358 g/mol. The van der Waals surface area contributed by atoms with Gasteiger partial charge < -0.3 is 4.74 Å². The summed E-state index contributed by atoms with van der Waals surface area (Å²) < 4.78 is 32.6. The SMILES string of the molecule is COc1cc(NS(=O)(=O)c2ccc(C#N)nc2)ccc1Br. The number of halogens is 1. The molecule has 2 rings (SSSR count). The Kier molecular flexibility index (Phi) is 4.45. The number of methoxy groups -OCH3 is 1. The van der Waals surface area contributed by atoms with Crippen molar-refractivity contribution in [3.05, 3.63) is 46.7 Å². The monoisotopic (exact) mass is 367 g/mol. The summed E-state index contributed by atoms with van der Waals surface area (Å²) in [6, 6.07) is 9.32. The predicted octanol–water partition coefficient (Wildman–Crippen LogP) is 2.53. The zero-order chi connectivity index (χ0) is 15.5. The largest absolute Gasteiger partial charge is 0.495 e. The van der Waals surface area contributed by atoms with Gasteiger partial charge in [0, 0.05) is 12.3 Å². The minimum absolute atomic E-state index is 0.0246. The van der Waals surface area contributed by atoms with E-state index in [1.165, 1.54) is 19.2 Å². The quantitative estimate of drug-likeness (QED) is 0.895. The van der Waals surface area contributed by atoms with Crippen LogP contribution in [0.25, 0.3) is 0 Å². The minimum Gasteiger partial charge on any atom is -0.495 e. The Hall–Kier alpha value is -2.11. The van der Waals surface area contributed by atoms with Crippen LogP contribution in [0.15, 0.2) is 45.9 Å². The first-order chi connectivity index (χ1) is 9.96. The standard InChI is InChI=1S/C13H10BrN3O3S/c1-20-13-6-9(3-5-12(13)14)17-21(18,19)11-4-2-10(7-15)16-8-11/h2-6,8,17H,1H3. The lowest BCUT2D eigenvalue weighted by atomic mass is 10.3. The maximum absolute atomic E-state index is 12.2. The number of pyridine rings is 1. The summed E-state index contributed by atoms with van der Waals surface area (Å²) in [7, 11) is -2.28. The molecule has 21 heavy (non-hydrogen) atoms. The van der Waals surface area contributed by atoms with Gasteiger partial charge in [-0.25, -0.2) is 13.4 Å². The first-order valence-corrected chi connectivity index (χ1v) is 7.96. The number of ether oxygens (including phenoxy) is 1. The first kappa shape index (κ1) is 15.3. The van der Waals surface area contributed by atoms with Crippen LogP contribution >= 0.6 is 15.9 Å². The molecule has 8 heteroatoms. The molecule has 0 radical (unpaired) electrons. The van der Waals surface area contributed by atoms with Gasteiger partial charge in [0.1, 0.15) is 22.4 Å². The van der Waals surface area contributed by atoms with Gasteiger partial charge in [-0.15, -0.1) is 0 Å². The predicted molar refractivity (Wildman–Crippen MR) is 80.5 cm³/mol. The highest BCUT2D eigenvalue weighted by Gasteiger charge is 2.15. The van der Waals surface area contributed by atoms with E-state index in [0.29, 0.717) is 15.9 Å². The average molecular weight is 368 g/mol. The van der Waals surface area contributed by atoms with Crippen LogP contribution in [-0.4, -0.2) is 20.5 Å². The third-order valence-electron chi connectivity index (χ3n) is 2.56. The van der Waals surface area contributed by atoms with Gasteiger partial charge in [-0.1, -0.05) is 0 Å². The Morgan fingerprint density at radius 3 is 2.67 bits per heavy atom. The van der Waals surface area contributed by atoms with Crippen LogP contribution in [0.5, 0.6) is 5.75 Å². The van der Waals surface area contributed by atoms with E-state index >= 15 is 0 Å². The molecule has 0 unspecified atom stereocenters. The first-order valence-electron chi connectivity index (χ1n) is 5.69. The average Bonchev–Trinajstić information content (AvgIpc) is 2.49. The Bertz CT molecular complexity index is 798. The van der Waals surface area contributed by atoms with Crippen molar-refractivity contribution in [2.75, 3.05) is 11.8 Å². The molecule has 0 aliphatic heterocycles. The molecular formula is C13H10BrN3O3S. The second-order valence-corrected chi connectivity index (χ2v) is 6.48. The number of nitriles is 1. The molecule has 0 fully saturated rings. The van der Waals surface area contributed by atoms with Gasteiger partial charge in [0.15, 0.2) is 0 Å². The summed E-state index contributed by atoms with van der Waals surface area (Å²) >= 11 is 3.29. The van der Waals surface area contributed by atoms with Crippen molar-refractivity contribution < 1.29 is 13.2 Å². The molecule has 0 spiro atoms. The fourth-order valence-corrected chi connectivity index (χ4v) is 2.95. The molecule has 0 saturated carbocycles. The van der Waals surface area contributed by atoms with E-state index < -0.39 is 10.0 Å². The molecule has 1 aromatic carbocycles. The number of hydrogen-bond acceptors (Lipinski definition) is 5. The summed E-state index contributed by atoms with van der Waals surface area (Å²) in [5.41, 5.74) is 0.513. The highest BCUT2D eigenvalue weighted by Crippen LogP contribution is 2.28. The second-order valence-electron chi connectivity index (χ2n) is 3.95. The summed E-state index contributed by atoms with van der Waals surface area (Å²) in [5, 5.41) is 8.65. The molecule has 1 heterocycles. The van der Waals surface area contributed by atoms with Crippen molar-refractivity contribution >= 4 is 31.6 Å². The molecule has 2 aromatic rings. The van der Waals surface area contributed by atoms with E-state index in [1.54, 1.807) is 18.2 Å². The van der Waals surface area contributed by atoms with E-state index in [-0.39, 0.29) is 10.6 Å². The summed E-state index contributed by atoms with van der Waals surface area (Å²) in [4.78, 5) is 3.72. The van der Waals surface area contributed by atoms with E-state index in [1.807, 2.05) is 6.07 Å². The number of rotatable bonds is 4. The Labute approximate surface area is 130 Å². The highest BCUT2D eigenvalue weighted by molar-refractivity contribution is 9.10. The zero-order valence-electron chi connectivity index (χ0n) is 10.9. The van der Waals surface area contributed by atoms with Crippen LogP contribution in [0.1, 0.15) is 5.69 Å². The molecule has 1 N–H and O–H groups in total. The maximum Gasteiger partial charge on any atom is 0.263 e. The Morgan fingerprint density at radius 1 is 1.33 bits per heavy atom. The lowest BCUT2D eigenvalue weighted by Gasteiger charge is -2.10. The smallest absolute Gasteiger partial charge is 0.263 e. The Balaban J connectivity index is 2.30. The third-order valence-corrected chi connectivity index (χ3v) is 4.59. The number of hydrogen-bond donors (Lipinski definition) is 1. The van der Waals surface area contributed by atoms with Crippen LogP contribution in [0.4, 0.5) is 5.69 Å². The van der Waals surface area contributed by atoms with Gasteiger partial charge in [-0.05, 0) is 40.2 Å². The normalized spacial score (nSPS) is 10.7. The van der Waals surface area contributed by atoms with E-state index in [2.05, 4.69) is 25.6 Å².